The number of aliphatic hydroxyl groups is 2. The Morgan fingerprint density at radius 2 is 0.982 bits per heavy atom. The molecule has 0 aromatic heterocycles. The molecule has 0 saturated carbocycles. The molecule has 0 heterocycles. The van der Waals surface area contributed by atoms with E-state index in [9.17, 15) is 24.2 Å². The number of esters is 2. The number of unbranched alkanes of at least 4 members (excludes halogenated alkanes) is 11. The van der Waals surface area contributed by atoms with E-state index >= 15 is 0 Å². The van der Waals surface area contributed by atoms with Gasteiger partial charge in [0.05, 0.1) is 19.8 Å². The quantitative estimate of drug-likeness (QED) is 0.0237. The molecule has 0 saturated heterocycles. The fourth-order valence-corrected chi connectivity index (χ4v) is 6.02. The van der Waals surface area contributed by atoms with Crippen molar-refractivity contribution in [2.75, 3.05) is 26.4 Å². The summed E-state index contributed by atoms with van der Waals surface area (Å²) in [6.07, 6.45) is 48.4. The fourth-order valence-electron chi connectivity index (χ4n) is 5.23. The third kappa shape index (κ3) is 41.1. The highest BCUT2D eigenvalue weighted by Crippen LogP contribution is 2.43. The zero-order chi connectivity index (χ0) is 41.9. The van der Waals surface area contributed by atoms with Crippen molar-refractivity contribution in [2.24, 2.45) is 0 Å². The highest BCUT2D eigenvalue weighted by atomic mass is 31.2. The van der Waals surface area contributed by atoms with E-state index in [1.807, 2.05) is 6.08 Å². The molecule has 0 amide bonds. The number of hydrogen-bond acceptors (Lipinski definition) is 9. The van der Waals surface area contributed by atoms with Gasteiger partial charge in [0.2, 0.25) is 0 Å². The molecule has 0 aliphatic heterocycles. The van der Waals surface area contributed by atoms with Crippen LogP contribution in [0.25, 0.3) is 0 Å². The zero-order valence-electron chi connectivity index (χ0n) is 35.3. The summed E-state index contributed by atoms with van der Waals surface area (Å²) in [5.41, 5.74) is 0. The van der Waals surface area contributed by atoms with Gasteiger partial charge in [0, 0.05) is 12.8 Å². The molecule has 0 spiro atoms. The SMILES string of the molecule is CC/C=C\C/C=C\C/C=C\C/C=C\C/C=C\CCCC(=O)OC[C@H](COP(=O)(O)OC[C@@H](O)CO)OC(=O)CCCCCCCCC/C=C\C/C=C\CCCCC. The topological polar surface area (TPSA) is 149 Å². The maximum absolute atomic E-state index is 12.6. The monoisotopic (exact) mass is 821 g/mol. The first-order valence-electron chi connectivity index (χ1n) is 21.5. The summed E-state index contributed by atoms with van der Waals surface area (Å²) >= 11 is 0. The number of aliphatic hydroxyl groups excluding tert-OH is 2. The number of carbonyl (C=O) groups excluding carboxylic acids is 2. The van der Waals surface area contributed by atoms with Crippen LogP contribution >= 0.6 is 7.82 Å². The number of allylic oxidation sites excluding steroid dienone is 14. The van der Waals surface area contributed by atoms with Crippen LogP contribution in [0.4, 0.5) is 0 Å². The van der Waals surface area contributed by atoms with Gasteiger partial charge in [0.25, 0.3) is 0 Å². The molecule has 0 aromatic rings. The van der Waals surface area contributed by atoms with E-state index in [1.165, 1.54) is 38.5 Å². The molecule has 0 aliphatic carbocycles. The molecule has 0 fully saturated rings. The molecule has 10 nitrogen and oxygen atoms in total. The van der Waals surface area contributed by atoms with Gasteiger partial charge >= 0.3 is 19.8 Å². The maximum atomic E-state index is 12.6. The highest BCUT2D eigenvalue weighted by molar-refractivity contribution is 7.47. The second-order valence-corrected chi connectivity index (χ2v) is 15.4. The lowest BCUT2D eigenvalue weighted by atomic mass is 10.1. The van der Waals surface area contributed by atoms with Crippen LogP contribution in [0.3, 0.4) is 0 Å². The van der Waals surface area contributed by atoms with Crippen molar-refractivity contribution >= 4 is 19.8 Å². The van der Waals surface area contributed by atoms with Crippen LogP contribution in [0.1, 0.15) is 155 Å². The lowest BCUT2D eigenvalue weighted by molar-refractivity contribution is -0.161. The Morgan fingerprint density at radius 1 is 0.544 bits per heavy atom. The van der Waals surface area contributed by atoms with Crippen molar-refractivity contribution in [1.29, 1.82) is 0 Å². The molecule has 11 heteroatoms. The van der Waals surface area contributed by atoms with Gasteiger partial charge in [-0.15, -0.1) is 0 Å². The number of carbonyl (C=O) groups is 2. The van der Waals surface area contributed by atoms with Crippen LogP contribution in [0.2, 0.25) is 0 Å². The number of ether oxygens (including phenoxy) is 2. The summed E-state index contributed by atoms with van der Waals surface area (Å²) in [5.74, 6) is -1.01. The lowest BCUT2D eigenvalue weighted by Gasteiger charge is -2.20. The van der Waals surface area contributed by atoms with E-state index < -0.39 is 51.8 Å². The molecule has 0 radical (unpaired) electrons. The van der Waals surface area contributed by atoms with Crippen molar-refractivity contribution in [1.82, 2.24) is 0 Å². The standard InChI is InChI=1S/C46H77O10P/c1-3-5-7-9-11-13-15-17-19-21-23-25-27-29-31-33-35-37-45(49)53-41-44(42-55-57(51,52)54-40-43(48)39-47)56-46(50)38-36-34-32-30-28-26-24-22-20-18-16-14-12-10-8-6-4-2/h5,7,11-14,17-20,23,25,29,31,43-44,47-48H,3-4,6,8-10,15-16,21-22,24,26-28,30,32-42H2,1-2H3,(H,51,52)/b7-5-,13-11-,14-12-,19-17-,20-18-,25-23-,31-29-/t43-,44+/m0/s1. The van der Waals surface area contributed by atoms with Gasteiger partial charge in [-0.1, -0.05) is 144 Å². The molecular weight excluding hydrogens is 743 g/mol. The van der Waals surface area contributed by atoms with Crippen molar-refractivity contribution in [2.45, 2.75) is 167 Å². The molecule has 0 aliphatic rings. The fraction of sp³-hybridized carbons (Fsp3) is 0.652. The molecule has 1 unspecified atom stereocenters. The summed E-state index contributed by atoms with van der Waals surface area (Å²) in [6.45, 7) is 2.15. The average Bonchev–Trinajstić information content (AvgIpc) is 3.20. The van der Waals surface area contributed by atoms with Crippen LogP contribution in [-0.4, -0.2) is 65.7 Å². The number of phosphoric acid groups is 1. The predicted molar refractivity (Wildman–Crippen MR) is 233 cm³/mol. The molecule has 57 heavy (non-hydrogen) atoms. The van der Waals surface area contributed by atoms with Crippen molar-refractivity contribution in [3.8, 4) is 0 Å². The van der Waals surface area contributed by atoms with E-state index in [0.29, 0.717) is 19.3 Å². The van der Waals surface area contributed by atoms with Crippen LogP contribution in [0, 0.1) is 0 Å². The van der Waals surface area contributed by atoms with Gasteiger partial charge in [-0.25, -0.2) is 4.57 Å². The van der Waals surface area contributed by atoms with Crippen molar-refractivity contribution < 1.29 is 47.8 Å². The van der Waals surface area contributed by atoms with E-state index in [4.69, 9.17) is 19.1 Å². The van der Waals surface area contributed by atoms with Crippen molar-refractivity contribution in [3.63, 3.8) is 0 Å². The first-order chi connectivity index (χ1) is 27.7. The zero-order valence-corrected chi connectivity index (χ0v) is 36.2. The summed E-state index contributed by atoms with van der Waals surface area (Å²) in [5, 5.41) is 18.3. The van der Waals surface area contributed by atoms with Gasteiger partial charge in [0.15, 0.2) is 6.10 Å². The summed E-state index contributed by atoms with van der Waals surface area (Å²) < 4.78 is 32.6. The molecule has 0 aromatic carbocycles. The summed E-state index contributed by atoms with van der Waals surface area (Å²) in [6, 6.07) is 0. The third-order valence-corrected chi connectivity index (χ3v) is 9.48. The summed E-state index contributed by atoms with van der Waals surface area (Å²) in [7, 11) is -4.64. The number of rotatable bonds is 39. The minimum Gasteiger partial charge on any atom is -0.462 e. The highest BCUT2D eigenvalue weighted by Gasteiger charge is 2.27. The molecule has 0 rings (SSSR count). The summed E-state index contributed by atoms with van der Waals surface area (Å²) in [4.78, 5) is 35.0. The average molecular weight is 821 g/mol. The molecule has 3 N–H and O–H groups in total. The lowest BCUT2D eigenvalue weighted by Crippen LogP contribution is -2.29. The largest absolute Gasteiger partial charge is 0.472 e. The maximum Gasteiger partial charge on any atom is 0.472 e. The van der Waals surface area contributed by atoms with Crippen LogP contribution in [-0.2, 0) is 32.7 Å². The predicted octanol–water partition coefficient (Wildman–Crippen LogP) is 11.4. The minimum atomic E-state index is -4.64. The Kier molecular flexibility index (Phi) is 39.2. The Morgan fingerprint density at radius 3 is 1.51 bits per heavy atom. The smallest absolute Gasteiger partial charge is 0.462 e. The first-order valence-corrected chi connectivity index (χ1v) is 23.0. The molecular formula is C46H77O10P. The Hall–Kier alpha value is -2.85. The minimum absolute atomic E-state index is 0.157. The Labute approximate surface area is 345 Å². The third-order valence-electron chi connectivity index (χ3n) is 8.53. The van der Waals surface area contributed by atoms with Gasteiger partial charge in [-0.2, -0.15) is 0 Å². The van der Waals surface area contributed by atoms with E-state index in [0.717, 1.165) is 70.6 Å². The number of hydrogen-bond donors (Lipinski definition) is 3. The number of phosphoric ester groups is 1. The van der Waals surface area contributed by atoms with Crippen LogP contribution < -0.4 is 0 Å². The van der Waals surface area contributed by atoms with E-state index in [1.54, 1.807) is 0 Å². The molecule has 326 valence electrons. The van der Waals surface area contributed by atoms with Crippen LogP contribution in [0.15, 0.2) is 85.1 Å². The normalized spacial score (nSPS) is 14.7. The van der Waals surface area contributed by atoms with Crippen molar-refractivity contribution in [3.05, 3.63) is 85.1 Å². The Balaban J connectivity index is 4.42. The van der Waals surface area contributed by atoms with Gasteiger partial charge in [0.1, 0.15) is 12.7 Å². The molecule has 3 atom stereocenters. The second kappa shape index (κ2) is 41.3. The van der Waals surface area contributed by atoms with E-state index in [-0.39, 0.29) is 19.4 Å². The Bertz CT molecular complexity index is 1220. The second-order valence-electron chi connectivity index (χ2n) is 14.0. The first kappa shape index (κ1) is 54.2. The van der Waals surface area contributed by atoms with Gasteiger partial charge in [-0.05, 0) is 83.5 Å². The van der Waals surface area contributed by atoms with Gasteiger partial charge in [-0.3, -0.25) is 18.6 Å². The molecule has 0 bridgehead atoms. The van der Waals surface area contributed by atoms with Gasteiger partial charge < -0.3 is 24.6 Å². The van der Waals surface area contributed by atoms with E-state index in [2.05, 4.69) is 97.4 Å². The van der Waals surface area contributed by atoms with Crippen LogP contribution in [0.5, 0.6) is 0 Å².